The molecule has 1 aromatic rings. The Hall–Kier alpha value is -1.45. The van der Waals surface area contributed by atoms with Gasteiger partial charge in [0.05, 0.1) is 28.9 Å². The number of hydrogen-bond acceptors (Lipinski definition) is 4. The predicted octanol–water partition coefficient (Wildman–Crippen LogP) is 2.15. The minimum absolute atomic E-state index is 0.262. The number of aromatic nitrogens is 1. The quantitative estimate of drug-likeness (QED) is 0.613. The molecule has 1 aromatic heterocycles. The summed E-state index contributed by atoms with van der Waals surface area (Å²) >= 11 is 0. The standard InChI is InChI=1S/C14H18BFN2O2/c1-9(8-17)11-7-6-10(12(16)18-11)15-19-13(2,3)14(4,5)20-15/h6-7,9H,1-5H3. The van der Waals surface area contributed by atoms with Gasteiger partial charge in [0.25, 0.3) is 0 Å². The molecule has 0 aromatic carbocycles. The van der Waals surface area contributed by atoms with E-state index in [9.17, 15) is 4.39 Å². The minimum Gasteiger partial charge on any atom is -0.399 e. The van der Waals surface area contributed by atoms with Crippen LogP contribution in [0.15, 0.2) is 12.1 Å². The third-order valence-electron chi connectivity index (χ3n) is 4.04. The first-order valence-electron chi connectivity index (χ1n) is 6.59. The molecule has 1 fully saturated rings. The SMILES string of the molecule is CC(C#N)c1ccc(B2OC(C)(C)C(C)(C)O2)c(F)n1. The average molecular weight is 276 g/mol. The van der Waals surface area contributed by atoms with Crippen molar-refractivity contribution in [2.45, 2.75) is 51.7 Å². The largest absolute Gasteiger partial charge is 0.499 e. The fourth-order valence-electron chi connectivity index (χ4n) is 1.91. The second kappa shape index (κ2) is 4.83. The molecular formula is C14H18BFN2O2. The third-order valence-corrected chi connectivity index (χ3v) is 4.04. The summed E-state index contributed by atoms with van der Waals surface area (Å²) in [5.41, 5.74) is -0.381. The van der Waals surface area contributed by atoms with Crippen LogP contribution >= 0.6 is 0 Å². The molecule has 1 aliphatic heterocycles. The van der Waals surface area contributed by atoms with E-state index in [2.05, 4.69) is 4.98 Å². The predicted molar refractivity (Wildman–Crippen MR) is 73.9 cm³/mol. The van der Waals surface area contributed by atoms with Gasteiger partial charge in [-0.1, -0.05) is 6.07 Å². The van der Waals surface area contributed by atoms with E-state index in [4.69, 9.17) is 14.6 Å². The zero-order valence-corrected chi connectivity index (χ0v) is 12.4. The molecule has 0 saturated carbocycles. The topological polar surface area (TPSA) is 55.1 Å². The van der Waals surface area contributed by atoms with Crippen LogP contribution in [-0.2, 0) is 9.31 Å². The Kier molecular flexibility index (Phi) is 3.61. The lowest BCUT2D eigenvalue weighted by molar-refractivity contribution is 0.00578. The number of hydrogen-bond donors (Lipinski definition) is 0. The van der Waals surface area contributed by atoms with Crippen LogP contribution in [0.25, 0.3) is 0 Å². The van der Waals surface area contributed by atoms with Crippen molar-refractivity contribution in [2.75, 3.05) is 0 Å². The second-order valence-electron chi connectivity index (χ2n) is 6.06. The van der Waals surface area contributed by atoms with Crippen molar-refractivity contribution in [2.24, 2.45) is 0 Å². The van der Waals surface area contributed by atoms with Crippen molar-refractivity contribution in [3.63, 3.8) is 0 Å². The van der Waals surface area contributed by atoms with Gasteiger partial charge in [-0.05, 0) is 40.7 Å². The summed E-state index contributed by atoms with van der Waals surface area (Å²) in [4.78, 5) is 3.83. The summed E-state index contributed by atoms with van der Waals surface area (Å²) in [5.74, 6) is -1.10. The molecule has 0 radical (unpaired) electrons. The van der Waals surface area contributed by atoms with E-state index in [0.29, 0.717) is 5.69 Å². The second-order valence-corrected chi connectivity index (χ2v) is 6.06. The highest BCUT2D eigenvalue weighted by Crippen LogP contribution is 2.36. The van der Waals surface area contributed by atoms with E-state index in [-0.39, 0.29) is 5.46 Å². The Labute approximate surface area is 119 Å². The highest BCUT2D eigenvalue weighted by atomic mass is 19.1. The molecule has 106 valence electrons. The summed E-state index contributed by atoms with van der Waals surface area (Å²) < 4.78 is 25.7. The van der Waals surface area contributed by atoms with Crippen LogP contribution in [0.4, 0.5) is 4.39 Å². The third kappa shape index (κ3) is 2.44. The van der Waals surface area contributed by atoms with Crippen molar-refractivity contribution >= 4 is 12.6 Å². The van der Waals surface area contributed by atoms with Gasteiger partial charge >= 0.3 is 7.12 Å². The fraction of sp³-hybridized carbons (Fsp3) is 0.571. The molecule has 2 rings (SSSR count). The van der Waals surface area contributed by atoms with Crippen LogP contribution in [0.3, 0.4) is 0 Å². The Bertz CT molecular complexity index is 553. The first-order chi connectivity index (χ1) is 9.18. The molecule has 1 unspecified atom stereocenters. The summed E-state index contributed by atoms with van der Waals surface area (Å²) in [6, 6.07) is 5.25. The van der Waals surface area contributed by atoms with Gasteiger partial charge in [0, 0.05) is 5.46 Å². The number of pyridine rings is 1. The van der Waals surface area contributed by atoms with E-state index in [1.165, 1.54) is 0 Å². The maximum Gasteiger partial charge on any atom is 0.499 e. The highest BCUT2D eigenvalue weighted by Gasteiger charge is 2.52. The van der Waals surface area contributed by atoms with E-state index >= 15 is 0 Å². The lowest BCUT2D eigenvalue weighted by Gasteiger charge is -2.32. The van der Waals surface area contributed by atoms with Gasteiger partial charge in [-0.3, -0.25) is 0 Å². The zero-order chi connectivity index (χ0) is 15.1. The molecule has 0 aliphatic carbocycles. The Morgan fingerprint density at radius 3 is 2.25 bits per heavy atom. The summed E-state index contributed by atoms with van der Waals surface area (Å²) in [6.45, 7) is 9.31. The van der Waals surface area contributed by atoms with E-state index in [1.54, 1.807) is 19.1 Å². The molecule has 20 heavy (non-hydrogen) atoms. The van der Waals surface area contributed by atoms with Gasteiger partial charge in [0.2, 0.25) is 5.95 Å². The van der Waals surface area contributed by atoms with Crippen molar-refractivity contribution < 1.29 is 13.7 Å². The Balaban J connectivity index is 2.30. The van der Waals surface area contributed by atoms with Gasteiger partial charge < -0.3 is 9.31 Å². The molecule has 0 spiro atoms. The minimum atomic E-state index is -0.779. The first-order valence-corrected chi connectivity index (χ1v) is 6.59. The van der Waals surface area contributed by atoms with E-state index in [0.717, 1.165) is 0 Å². The Morgan fingerprint density at radius 2 is 1.80 bits per heavy atom. The highest BCUT2D eigenvalue weighted by molar-refractivity contribution is 6.62. The maximum atomic E-state index is 14.1. The van der Waals surface area contributed by atoms with Gasteiger partial charge in [0.15, 0.2) is 0 Å². The number of nitrogens with zero attached hydrogens (tertiary/aromatic N) is 2. The van der Waals surface area contributed by atoms with Crippen LogP contribution in [-0.4, -0.2) is 23.3 Å². The van der Waals surface area contributed by atoms with Crippen LogP contribution in [0, 0.1) is 17.3 Å². The lowest BCUT2D eigenvalue weighted by atomic mass is 9.79. The zero-order valence-electron chi connectivity index (χ0n) is 12.4. The maximum absolute atomic E-state index is 14.1. The van der Waals surface area contributed by atoms with Crippen molar-refractivity contribution in [1.29, 1.82) is 5.26 Å². The number of nitriles is 1. The smallest absolute Gasteiger partial charge is 0.399 e. The van der Waals surface area contributed by atoms with Crippen LogP contribution in [0.1, 0.15) is 46.2 Å². The monoisotopic (exact) mass is 276 g/mol. The molecule has 0 amide bonds. The molecule has 2 heterocycles. The lowest BCUT2D eigenvalue weighted by Crippen LogP contribution is -2.41. The summed E-state index contributed by atoms with van der Waals surface area (Å²) in [6.07, 6.45) is 0. The van der Waals surface area contributed by atoms with E-state index < -0.39 is 30.2 Å². The van der Waals surface area contributed by atoms with Crippen molar-refractivity contribution in [3.05, 3.63) is 23.8 Å². The average Bonchev–Trinajstić information content (AvgIpc) is 2.57. The first kappa shape index (κ1) is 15.0. The van der Waals surface area contributed by atoms with Gasteiger partial charge in [-0.15, -0.1) is 0 Å². The van der Waals surface area contributed by atoms with Crippen LogP contribution in [0.2, 0.25) is 0 Å². The van der Waals surface area contributed by atoms with Crippen molar-refractivity contribution in [1.82, 2.24) is 4.98 Å². The fourth-order valence-corrected chi connectivity index (χ4v) is 1.91. The van der Waals surface area contributed by atoms with Crippen molar-refractivity contribution in [3.8, 4) is 6.07 Å². The van der Waals surface area contributed by atoms with Crippen LogP contribution in [0.5, 0.6) is 0 Å². The molecule has 1 aliphatic rings. The molecular weight excluding hydrogens is 258 g/mol. The molecule has 1 atom stereocenters. The number of rotatable bonds is 2. The molecule has 6 heteroatoms. The normalized spacial score (nSPS) is 21.6. The summed E-state index contributed by atoms with van der Waals surface area (Å²) in [7, 11) is -0.779. The molecule has 0 N–H and O–H groups in total. The molecule has 4 nitrogen and oxygen atoms in total. The molecule has 1 saturated heterocycles. The van der Waals surface area contributed by atoms with Gasteiger partial charge in [-0.25, -0.2) is 4.98 Å². The Morgan fingerprint density at radius 1 is 1.25 bits per heavy atom. The molecule has 0 bridgehead atoms. The number of halogens is 1. The summed E-state index contributed by atoms with van der Waals surface area (Å²) in [5, 5.41) is 8.84. The van der Waals surface area contributed by atoms with Crippen LogP contribution < -0.4 is 5.46 Å². The van der Waals surface area contributed by atoms with Gasteiger partial charge in [-0.2, -0.15) is 9.65 Å². The van der Waals surface area contributed by atoms with E-state index in [1.807, 2.05) is 33.8 Å². The van der Waals surface area contributed by atoms with Gasteiger partial charge in [0.1, 0.15) is 0 Å².